The van der Waals surface area contributed by atoms with Crippen molar-refractivity contribution in [3.63, 3.8) is 0 Å². The first-order valence-electron chi connectivity index (χ1n) is 7.20. The van der Waals surface area contributed by atoms with Gasteiger partial charge < -0.3 is 16.4 Å². The standard InChI is InChI=1S/C14H29N3O/c1-4-6-11(2)17(3)10-8-12-7-5-9-14(12,16)13(15)18/h11-12H,4-10,16H2,1-3H3,(H2,15,18). The monoisotopic (exact) mass is 255 g/mol. The Bertz CT molecular complexity index is 282. The Balaban J connectivity index is 2.45. The molecule has 1 aliphatic rings. The summed E-state index contributed by atoms with van der Waals surface area (Å²) in [5.74, 6) is -0.0689. The van der Waals surface area contributed by atoms with Crippen LogP contribution in [0.4, 0.5) is 0 Å². The molecule has 0 spiro atoms. The lowest BCUT2D eigenvalue weighted by atomic mass is 9.85. The minimum absolute atomic E-state index is 0.256. The molecule has 1 fully saturated rings. The third-order valence-electron chi connectivity index (χ3n) is 4.62. The fraction of sp³-hybridized carbons (Fsp3) is 0.929. The number of hydrogen-bond donors (Lipinski definition) is 2. The zero-order valence-corrected chi connectivity index (χ0v) is 12.1. The minimum atomic E-state index is -0.755. The summed E-state index contributed by atoms with van der Waals surface area (Å²) in [4.78, 5) is 13.9. The number of nitrogens with two attached hydrogens (primary N) is 2. The van der Waals surface area contributed by atoms with Crippen LogP contribution in [0, 0.1) is 5.92 Å². The average Bonchev–Trinajstić information content (AvgIpc) is 2.69. The zero-order chi connectivity index (χ0) is 13.8. The van der Waals surface area contributed by atoms with Crippen LogP contribution in [0.1, 0.15) is 52.4 Å². The van der Waals surface area contributed by atoms with E-state index in [1.807, 2.05) is 0 Å². The van der Waals surface area contributed by atoms with Crippen molar-refractivity contribution in [1.82, 2.24) is 4.90 Å². The van der Waals surface area contributed by atoms with Gasteiger partial charge in [0.25, 0.3) is 0 Å². The fourth-order valence-corrected chi connectivity index (χ4v) is 3.05. The Labute approximate surface area is 111 Å². The Morgan fingerprint density at radius 3 is 2.78 bits per heavy atom. The number of amides is 1. The van der Waals surface area contributed by atoms with E-state index >= 15 is 0 Å². The third kappa shape index (κ3) is 3.45. The molecule has 0 bridgehead atoms. The van der Waals surface area contributed by atoms with Crippen molar-refractivity contribution in [2.75, 3.05) is 13.6 Å². The van der Waals surface area contributed by atoms with E-state index in [0.717, 1.165) is 32.2 Å². The fourth-order valence-electron chi connectivity index (χ4n) is 3.05. The topological polar surface area (TPSA) is 72.3 Å². The molecule has 3 atom stereocenters. The molecule has 0 radical (unpaired) electrons. The Kier molecular flexibility index (Phi) is 5.60. The van der Waals surface area contributed by atoms with Gasteiger partial charge in [0, 0.05) is 6.04 Å². The van der Waals surface area contributed by atoms with Crippen LogP contribution in [-0.4, -0.2) is 36.0 Å². The van der Waals surface area contributed by atoms with Crippen LogP contribution in [0.3, 0.4) is 0 Å². The van der Waals surface area contributed by atoms with Gasteiger partial charge in [-0.05, 0) is 52.1 Å². The van der Waals surface area contributed by atoms with Gasteiger partial charge in [0.1, 0.15) is 0 Å². The lowest BCUT2D eigenvalue weighted by Crippen LogP contribution is -2.55. The van der Waals surface area contributed by atoms with Crippen molar-refractivity contribution in [3.8, 4) is 0 Å². The number of primary amides is 1. The second kappa shape index (κ2) is 6.53. The van der Waals surface area contributed by atoms with E-state index in [9.17, 15) is 4.79 Å². The second-order valence-corrected chi connectivity index (χ2v) is 5.90. The number of carbonyl (C=O) groups is 1. The van der Waals surface area contributed by atoms with Gasteiger partial charge in [-0.1, -0.05) is 19.8 Å². The molecule has 0 saturated heterocycles. The predicted octanol–water partition coefficient (Wildman–Crippen LogP) is 1.48. The molecule has 1 aliphatic carbocycles. The van der Waals surface area contributed by atoms with Gasteiger partial charge in [-0.2, -0.15) is 0 Å². The molecule has 4 N–H and O–H groups in total. The molecule has 0 aromatic carbocycles. The lowest BCUT2D eigenvalue weighted by Gasteiger charge is -2.31. The maximum Gasteiger partial charge on any atom is 0.237 e. The highest BCUT2D eigenvalue weighted by atomic mass is 16.1. The Morgan fingerprint density at radius 2 is 2.22 bits per heavy atom. The van der Waals surface area contributed by atoms with Crippen molar-refractivity contribution in [2.45, 2.75) is 64.0 Å². The summed E-state index contributed by atoms with van der Waals surface area (Å²) in [6, 6.07) is 0.595. The molecule has 18 heavy (non-hydrogen) atoms. The largest absolute Gasteiger partial charge is 0.368 e. The van der Waals surface area contributed by atoms with E-state index < -0.39 is 5.54 Å². The van der Waals surface area contributed by atoms with Gasteiger partial charge in [0.15, 0.2) is 0 Å². The van der Waals surface area contributed by atoms with E-state index in [4.69, 9.17) is 11.5 Å². The van der Waals surface area contributed by atoms with Crippen molar-refractivity contribution in [2.24, 2.45) is 17.4 Å². The van der Waals surface area contributed by atoms with Crippen molar-refractivity contribution >= 4 is 5.91 Å². The van der Waals surface area contributed by atoms with Crippen LogP contribution in [0.2, 0.25) is 0 Å². The van der Waals surface area contributed by atoms with Gasteiger partial charge in [-0.3, -0.25) is 4.79 Å². The molecule has 0 aliphatic heterocycles. The van der Waals surface area contributed by atoms with Crippen LogP contribution >= 0.6 is 0 Å². The Morgan fingerprint density at radius 1 is 1.56 bits per heavy atom. The smallest absolute Gasteiger partial charge is 0.237 e. The summed E-state index contributed by atoms with van der Waals surface area (Å²) in [5, 5.41) is 0. The summed E-state index contributed by atoms with van der Waals surface area (Å²) in [7, 11) is 2.15. The van der Waals surface area contributed by atoms with Gasteiger partial charge in [0.05, 0.1) is 5.54 Å². The van der Waals surface area contributed by atoms with Crippen LogP contribution in [-0.2, 0) is 4.79 Å². The number of rotatable bonds is 7. The highest BCUT2D eigenvalue weighted by molar-refractivity contribution is 5.85. The van der Waals surface area contributed by atoms with Crippen LogP contribution in [0.15, 0.2) is 0 Å². The molecule has 0 aromatic rings. The molecule has 1 saturated carbocycles. The maximum atomic E-state index is 11.5. The normalized spacial score (nSPS) is 29.7. The molecule has 3 unspecified atom stereocenters. The van der Waals surface area contributed by atoms with Gasteiger partial charge in [-0.25, -0.2) is 0 Å². The third-order valence-corrected chi connectivity index (χ3v) is 4.62. The zero-order valence-electron chi connectivity index (χ0n) is 12.1. The van der Waals surface area contributed by atoms with Crippen molar-refractivity contribution in [1.29, 1.82) is 0 Å². The quantitative estimate of drug-likeness (QED) is 0.724. The molecule has 4 nitrogen and oxygen atoms in total. The van der Waals surface area contributed by atoms with E-state index in [1.165, 1.54) is 12.8 Å². The highest BCUT2D eigenvalue weighted by Crippen LogP contribution is 2.36. The number of hydrogen-bond acceptors (Lipinski definition) is 3. The minimum Gasteiger partial charge on any atom is -0.368 e. The lowest BCUT2D eigenvalue weighted by molar-refractivity contribution is -0.124. The highest BCUT2D eigenvalue weighted by Gasteiger charge is 2.43. The molecule has 0 heterocycles. The van der Waals surface area contributed by atoms with Crippen LogP contribution in [0.25, 0.3) is 0 Å². The van der Waals surface area contributed by atoms with Crippen LogP contribution < -0.4 is 11.5 Å². The maximum absolute atomic E-state index is 11.5. The molecule has 1 rings (SSSR count). The van der Waals surface area contributed by atoms with Gasteiger partial charge in [0.2, 0.25) is 5.91 Å². The summed E-state index contributed by atoms with van der Waals surface area (Å²) in [6.07, 6.45) is 6.21. The summed E-state index contributed by atoms with van der Waals surface area (Å²) >= 11 is 0. The first-order valence-corrected chi connectivity index (χ1v) is 7.20. The predicted molar refractivity (Wildman–Crippen MR) is 75.1 cm³/mol. The summed E-state index contributed by atoms with van der Waals surface area (Å²) in [5.41, 5.74) is 10.9. The van der Waals surface area contributed by atoms with Crippen molar-refractivity contribution < 1.29 is 4.79 Å². The average molecular weight is 255 g/mol. The van der Waals surface area contributed by atoms with E-state index in [1.54, 1.807) is 0 Å². The summed E-state index contributed by atoms with van der Waals surface area (Å²) < 4.78 is 0. The SMILES string of the molecule is CCCC(C)N(C)CCC1CCCC1(N)C(N)=O. The van der Waals surface area contributed by atoms with E-state index in [0.29, 0.717) is 6.04 Å². The van der Waals surface area contributed by atoms with Gasteiger partial charge >= 0.3 is 0 Å². The molecular formula is C14H29N3O. The molecular weight excluding hydrogens is 226 g/mol. The van der Waals surface area contributed by atoms with Crippen LogP contribution in [0.5, 0.6) is 0 Å². The van der Waals surface area contributed by atoms with Crippen molar-refractivity contribution in [3.05, 3.63) is 0 Å². The number of carbonyl (C=O) groups excluding carboxylic acids is 1. The summed E-state index contributed by atoms with van der Waals surface area (Å²) in [6.45, 7) is 5.46. The Hall–Kier alpha value is -0.610. The molecule has 4 heteroatoms. The molecule has 0 aromatic heterocycles. The molecule has 106 valence electrons. The van der Waals surface area contributed by atoms with E-state index in [2.05, 4.69) is 25.8 Å². The first kappa shape index (κ1) is 15.4. The van der Waals surface area contributed by atoms with Gasteiger partial charge in [-0.15, -0.1) is 0 Å². The second-order valence-electron chi connectivity index (χ2n) is 5.90. The van der Waals surface area contributed by atoms with E-state index in [-0.39, 0.29) is 11.8 Å². The first-order chi connectivity index (χ1) is 8.41. The molecule has 1 amide bonds. The number of nitrogens with zero attached hydrogens (tertiary/aromatic N) is 1.